The highest BCUT2D eigenvalue weighted by Gasteiger charge is 2.07. The lowest BCUT2D eigenvalue weighted by Gasteiger charge is -2.06. The molecule has 0 aliphatic carbocycles. The Balaban J connectivity index is 1.87. The number of aromatic hydroxyl groups is 1. The Labute approximate surface area is 159 Å². The predicted octanol–water partition coefficient (Wildman–Crippen LogP) is 3.90. The summed E-state index contributed by atoms with van der Waals surface area (Å²) < 4.78 is 9.83. The molecule has 1 amide bonds. The first kappa shape index (κ1) is 19.6. The molecule has 0 saturated carbocycles. The van der Waals surface area contributed by atoms with Crippen molar-refractivity contribution in [2.24, 2.45) is 0 Å². The van der Waals surface area contributed by atoms with Crippen molar-refractivity contribution in [3.63, 3.8) is 0 Å². The van der Waals surface area contributed by atoms with Gasteiger partial charge in [0.05, 0.1) is 7.11 Å². The van der Waals surface area contributed by atoms with Crippen molar-refractivity contribution >= 4 is 46.8 Å². The Morgan fingerprint density at radius 3 is 2.50 bits per heavy atom. The van der Waals surface area contributed by atoms with E-state index >= 15 is 0 Å². The van der Waals surface area contributed by atoms with E-state index in [0.717, 1.165) is 6.08 Å². The number of esters is 1. The topological polar surface area (TPSA) is 84.9 Å². The summed E-state index contributed by atoms with van der Waals surface area (Å²) in [6, 6.07) is 9.15. The lowest BCUT2D eigenvalue weighted by molar-refractivity contribution is -0.142. The van der Waals surface area contributed by atoms with E-state index in [-0.39, 0.29) is 11.5 Å². The molecule has 0 spiro atoms. The Kier molecular flexibility index (Phi) is 6.89. The Morgan fingerprint density at radius 2 is 1.85 bits per heavy atom. The lowest BCUT2D eigenvalue weighted by atomic mass is 10.2. The molecular weight excluding hydrogens is 381 g/mol. The van der Waals surface area contributed by atoms with Gasteiger partial charge in [-0.05, 0) is 42.0 Å². The third-order valence-corrected chi connectivity index (χ3v) is 3.54. The van der Waals surface area contributed by atoms with E-state index in [4.69, 9.17) is 32.7 Å². The van der Waals surface area contributed by atoms with E-state index in [0.29, 0.717) is 21.3 Å². The normalized spacial score (nSPS) is 10.6. The highest BCUT2D eigenvalue weighted by atomic mass is 35.5. The number of ether oxygens (including phenoxy) is 2. The summed E-state index contributed by atoms with van der Waals surface area (Å²) in [4.78, 5) is 23.5. The number of nitrogens with one attached hydrogen (secondary N) is 1. The van der Waals surface area contributed by atoms with Gasteiger partial charge in [-0.2, -0.15) is 0 Å². The number of anilines is 1. The predicted molar refractivity (Wildman–Crippen MR) is 99.7 cm³/mol. The monoisotopic (exact) mass is 395 g/mol. The van der Waals surface area contributed by atoms with E-state index in [2.05, 4.69) is 5.32 Å². The van der Waals surface area contributed by atoms with Crippen molar-refractivity contribution in [2.75, 3.05) is 19.0 Å². The van der Waals surface area contributed by atoms with Crippen LogP contribution in [-0.4, -0.2) is 30.7 Å². The minimum Gasteiger partial charge on any atom is -0.504 e. The average Bonchev–Trinajstić information content (AvgIpc) is 2.58. The van der Waals surface area contributed by atoms with Gasteiger partial charge in [-0.15, -0.1) is 0 Å². The maximum atomic E-state index is 11.8. The number of phenols is 1. The zero-order valence-electron chi connectivity index (χ0n) is 13.7. The third kappa shape index (κ3) is 5.98. The van der Waals surface area contributed by atoms with Gasteiger partial charge in [0, 0.05) is 21.8 Å². The fourth-order valence-corrected chi connectivity index (χ4v) is 2.50. The fourth-order valence-electron chi connectivity index (χ4n) is 1.97. The number of halogens is 2. The number of carbonyl (C=O) groups excluding carboxylic acids is 2. The van der Waals surface area contributed by atoms with Crippen molar-refractivity contribution in [3.05, 3.63) is 58.1 Å². The van der Waals surface area contributed by atoms with Gasteiger partial charge in [-0.25, -0.2) is 4.79 Å². The van der Waals surface area contributed by atoms with Crippen LogP contribution in [0.4, 0.5) is 5.69 Å². The number of hydrogen-bond donors (Lipinski definition) is 2. The molecule has 26 heavy (non-hydrogen) atoms. The molecule has 0 aliphatic rings. The quantitative estimate of drug-likeness (QED) is 0.572. The second-order valence-electron chi connectivity index (χ2n) is 5.08. The Hall–Kier alpha value is -2.70. The molecular formula is C18H15Cl2NO5. The Bertz CT molecular complexity index is 831. The van der Waals surface area contributed by atoms with Crippen molar-refractivity contribution in [1.82, 2.24) is 0 Å². The summed E-state index contributed by atoms with van der Waals surface area (Å²) in [6.07, 6.45) is 2.63. The van der Waals surface area contributed by atoms with Crippen LogP contribution < -0.4 is 10.1 Å². The first-order valence-electron chi connectivity index (χ1n) is 7.35. The number of methoxy groups -OCH3 is 1. The van der Waals surface area contributed by atoms with Crippen molar-refractivity contribution in [1.29, 1.82) is 0 Å². The van der Waals surface area contributed by atoms with Gasteiger partial charge in [0.1, 0.15) is 0 Å². The van der Waals surface area contributed by atoms with Crippen molar-refractivity contribution in [2.45, 2.75) is 0 Å². The molecule has 0 bridgehead atoms. The van der Waals surface area contributed by atoms with Crippen LogP contribution in [0.15, 0.2) is 42.5 Å². The molecule has 2 N–H and O–H groups in total. The average molecular weight is 396 g/mol. The van der Waals surface area contributed by atoms with Crippen LogP contribution in [0.1, 0.15) is 5.56 Å². The Morgan fingerprint density at radius 1 is 1.15 bits per heavy atom. The SMILES string of the molecule is COc1cc(/C=C/C(=O)OCC(=O)Nc2cc(Cl)cc(Cl)c2)ccc1O. The molecule has 0 unspecified atom stereocenters. The second-order valence-corrected chi connectivity index (χ2v) is 5.95. The van der Waals surface area contributed by atoms with Gasteiger partial charge in [0.2, 0.25) is 0 Å². The minimum absolute atomic E-state index is 0.00924. The maximum absolute atomic E-state index is 11.8. The number of benzene rings is 2. The van der Waals surface area contributed by atoms with Crippen molar-refractivity contribution in [3.8, 4) is 11.5 Å². The van der Waals surface area contributed by atoms with E-state index < -0.39 is 18.5 Å². The minimum atomic E-state index is -0.698. The van der Waals surface area contributed by atoms with Crippen molar-refractivity contribution < 1.29 is 24.2 Å². The van der Waals surface area contributed by atoms with Gasteiger partial charge in [0.25, 0.3) is 5.91 Å². The number of hydrogen-bond acceptors (Lipinski definition) is 5. The zero-order valence-corrected chi connectivity index (χ0v) is 15.2. The summed E-state index contributed by atoms with van der Waals surface area (Å²) in [6.45, 7) is -0.466. The van der Waals surface area contributed by atoms with Crippen LogP contribution in [0, 0.1) is 0 Å². The van der Waals surface area contributed by atoms with Gasteiger partial charge < -0.3 is 19.9 Å². The van der Waals surface area contributed by atoms with Gasteiger partial charge in [0.15, 0.2) is 18.1 Å². The first-order chi connectivity index (χ1) is 12.4. The summed E-state index contributed by atoms with van der Waals surface area (Å²) in [5, 5.41) is 12.8. The highest BCUT2D eigenvalue weighted by Crippen LogP contribution is 2.26. The molecule has 0 saturated heterocycles. The highest BCUT2D eigenvalue weighted by molar-refractivity contribution is 6.35. The summed E-state index contributed by atoms with van der Waals surface area (Å²) in [7, 11) is 1.42. The summed E-state index contributed by atoms with van der Waals surface area (Å²) in [5.74, 6) is -0.960. The number of amides is 1. The second kappa shape index (κ2) is 9.12. The molecule has 0 heterocycles. The smallest absolute Gasteiger partial charge is 0.331 e. The molecule has 6 nitrogen and oxygen atoms in total. The molecule has 136 valence electrons. The molecule has 8 heteroatoms. The molecule has 2 aromatic carbocycles. The number of rotatable bonds is 6. The number of carbonyl (C=O) groups is 2. The van der Waals surface area contributed by atoms with Crippen LogP contribution in [0.5, 0.6) is 11.5 Å². The van der Waals surface area contributed by atoms with E-state index in [9.17, 15) is 14.7 Å². The van der Waals surface area contributed by atoms with Gasteiger partial charge >= 0.3 is 5.97 Å². The number of phenolic OH excluding ortho intramolecular Hbond substituents is 1. The van der Waals surface area contributed by atoms with Crippen LogP contribution in [-0.2, 0) is 14.3 Å². The molecule has 0 aliphatic heterocycles. The summed E-state index contributed by atoms with van der Waals surface area (Å²) in [5.41, 5.74) is 1.02. The largest absolute Gasteiger partial charge is 0.504 e. The van der Waals surface area contributed by atoms with Crippen LogP contribution >= 0.6 is 23.2 Å². The standard InChI is InChI=1S/C18H15Cl2NO5/c1-25-16-6-11(2-4-15(16)22)3-5-18(24)26-10-17(23)21-14-8-12(19)7-13(20)9-14/h2-9,22H,10H2,1H3,(H,21,23)/b5-3+. The van der Waals surface area contributed by atoms with E-state index in [1.165, 1.54) is 37.5 Å². The van der Waals surface area contributed by atoms with E-state index in [1.807, 2.05) is 0 Å². The third-order valence-electron chi connectivity index (χ3n) is 3.11. The molecule has 0 aromatic heterocycles. The fraction of sp³-hybridized carbons (Fsp3) is 0.111. The van der Waals surface area contributed by atoms with E-state index in [1.54, 1.807) is 12.1 Å². The van der Waals surface area contributed by atoms with Gasteiger partial charge in [-0.1, -0.05) is 29.3 Å². The van der Waals surface area contributed by atoms with Crippen LogP contribution in [0.3, 0.4) is 0 Å². The van der Waals surface area contributed by atoms with Gasteiger partial charge in [-0.3, -0.25) is 4.79 Å². The maximum Gasteiger partial charge on any atom is 0.331 e. The first-order valence-corrected chi connectivity index (χ1v) is 8.11. The molecule has 0 radical (unpaired) electrons. The molecule has 0 fully saturated rings. The molecule has 2 rings (SSSR count). The van der Waals surface area contributed by atoms with Crippen LogP contribution in [0.25, 0.3) is 6.08 Å². The molecule has 2 aromatic rings. The van der Waals surface area contributed by atoms with Crippen LogP contribution in [0.2, 0.25) is 10.0 Å². The lowest BCUT2D eigenvalue weighted by Crippen LogP contribution is -2.20. The zero-order chi connectivity index (χ0) is 19.1. The molecule has 0 atom stereocenters. The summed E-state index contributed by atoms with van der Waals surface area (Å²) >= 11 is 11.7.